The fraction of sp³-hybridized carbons (Fsp3) is 0.318. The SMILES string of the molecule is N#Cc1cc(NC(=O)NCCN2CCOCC2)ccc1Oc1ccnc2[nH]cc(C(F)(F)F)c12. The van der Waals surface area contributed by atoms with Crippen LogP contribution in [0.2, 0.25) is 0 Å². The summed E-state index contributed by atoms with van der Waals surface area (Å²) in [7, 11) is 0. The molecule has 1 saturated heterocycles. The summed E-state index contributed by atoms with van der Waals surface area (Å²) in [5.74, 6) is -0.0563. The van der Waals surface area contributed by atoms with E-state index in [2.05, 4.69) is 25.5 Å². The number of pyridine rings is 1. The Morgan fingerprint density at radius 2 is 2.06 bits per heavy atom. The van der Waals surface area contributed by atoms with Crippen LogP contribution in [0, 0.1) is 11.3 Å². The molecule has 0 radical (unpaired) electrons. The molecule has 1 aliphatic rings. The van der Waals surface area contributed by atoms with E-state index in [4.69, 9.17) is 9.47 Å². The molecule has 1 fully saturated rings. The Morgan fingerprint density at radius 3 is 2.79 bits per heavy atom. The lowest BCUT2D eigenvalue weighted by Gasteiger charge is -2.26. The van der Waals surface area contributed by atoms with Crippen molar-refractivity contribution < 1.29 is 27.4 Å². The first kappa shape index (κ1) is 23.3. The van der Waals surface area contributed by atoms with Gasteiger partial charge in [0, 0.05) is 44.3 Å². The van der Waals surface area contributed by atoms with Crippen molar-refractivity contribution in [2.75, 3.05) is 44.7 Å². The number of H-pyrrole nitrogens is 1. The van der Waals surface area contributed by atoms with E-state index in [1.54, 1.807) is 0 Å². The molecule has 1 aliphatic heterocycles. The van der Waals surface area contributed by atoms with Crippen LogP contribution in [-0.4, -0.2) is 60.3 Å². The lowest BCUT2D eigenvalue weighted by atomic mass is 10.1. The molecule has 0 atom stereocenters. The summed E-state index contributed by atoms with van der Waals surface area (Å²) in [6.45, 7) is 4.09. The normalized spacial score (nSPS) is 14.5. The maximum absolute atomic E-state index is 13.4. The highest BCUT2D eigenvalue weighted by molar-refractivity contribution is 5.90. The lowest BCUT2D eigenvalue weighted by Crippen LogP contribution is -2.42. The molecule has 12 heteroatoms. The first-order chi connectivity index (χ1) is 16.3. The fourth-order valence-electron chi connectivity index (χ4n) is 3.57. The van der Waals surface area contributed by atoms with Gasteiger partial charge in [-0.1, -0.05) is 0 Å². The maximum Gasteiger partial charge on any atom is 0.418 e. The minimum Gasteiger partial charge on any atom is -0.455 e. The van der Waals surface area contributed by atoms with E-state index in [1.807, 2.05) is 6.07 Å². The Balaban J connectivity index is 1.44. The summed E-state index contributed by atoms with van der Waals surface area (Å²) in [6.07, 6.45) is -2.49. The number of nitrogens with one attached hydrogen (secondary N) is 3. The van der Waals surface area contributed by atoms with Crippen LogP contribution in [0.15, 0.2) is 36.7 Å². The predicted molar refractivity (Wildman–Crippen MR) is 117 cm³/mol. The van der Waals surface area contributed by atoms with Gasteiger partial charge in [0.25, 0.3) is 0 Å². The van der Waals surface area contributed by atoms with E-state index in [-0.39, 0.29) is 28.1 Å². The number of rotatable bonds is 6. The minimum atomic E-state index is -4.61. The van der Waals surface area contributed by atoms with Crippen LogP contribution in [-0.2, 0) is 10.9 Å². The largest absolute Gasteiger partial charge is 0.455 e. The van der Waals surface area contributed by atoms with E-state index in [0.29, 0.717) is 32.0 Å². The van der Waals surface area contributed by atoms with E-state index >= 15 is 0 Å². The molecule has 2 aromatic heterocycles. The molecule has 3 heterocycles. The van der Waals surface area contributed by atoms with Crippen LogP contribution in [0.25, 0.3) is 11.0 Å². The number of benzene rings is 1. The first-order valence-corrected chi connectivity index (χ1v) is 10.5. The Kier molecular flexibility index (Phi) is 6.85. The number of aromatic nitrogens is 2. The van der Waals surface area contributed by atoms with Gasteiger partial charge in [-0.15, -0.1) is 0 Å². The third-order valence-corrected chi connectivity index (χ3v) is 5.24. The Bertz CT molecular complexity index is 1210. The fourth-order valence-corrected chi connectivity index (χ4v) is 3.57. The van der Waals surface area contributed by atoms with Gasteiger partial charge in [0.15, 0.2) is 0 Å². The molecule has 0 spiro atoms. The zero-order chi connectivity index (χ0) is 24.1. The van der Waals surface area contributed by atoms with Crippen molar-refractivity contribution in [2.45, 2.75) is 6.18 Å². The van der Waals surface area contributed by atoms with Crippen LogP contribution in [0.1, 0.15) is 11.1 Å². The third-order valence-electron chi connectivity index (χ3n) is 5.24. The van der Waals surface area contributed by atoms with Gasteiger partial charge in [-0.05, 0) is 24.3 Å². The average molecular weight is 474 g/mol. The van der Waals surface area contributed by atoms with Crippen LogP contribution >= 0.6 is 0 Å². The number of nitrogens with zero attached hydrogens (tertiary/aromatic N) is 3. The number of aromatic amines is 1. The number of hydrogen-bond acceptors (Lipinski definition) is 6. The number of nitriles is 1. The molecule has 9 nitrogen and oxygen atoms in total. The Labute approximate surface area is 192 Å². The van der Waals surface area contributed by atoms with Gasteiger partial charge >= 0.3 is 12.2 Å². The molecule has 0 saturated carbocycles. The standard InChI is InChI=1S/C22H21F3N6O3/c23-22(24,25)16-13-29-20-19(16)18(3-4-27-20)34-17-2-1-15(11-14(17)12-26)30-21(32)28-5-6-31-7-9-33-10-8-31/h1-4,11,13H,5-10H2,(H,27,29)(H2,28,30,32). The minimum absolute atomic E-state index is 0.00960. The lowest BCUT2D eigenvalue weighted by molar-refractivity contribution is -0.136. The molecule has 0 unspecified atom stereocenters. The molecule has 3 aromatic rings. The number of carbonyl (C=O) groups is 1. The predicted octanol–water partition coefficient (Wildman–Crippen LogP) is 3.70. The van der Waals surface area contributed by atoms with Gasteiger partial charge in [0.2, 0.25) is 0 Å². The van der Waals surface area contributed by atoms with Gasteiger partial charge in [-0.25, -0.2) is 9.78 Å². The van der Waals surface area contributed by atoms with Crippen LogP contribution in [0.3, 0.4) is 0 Å². The average Bonchev–Trinajstić information content (AvgIpc) is 3.27. The molecule has 1 aromatic carbocycles. The van der Waals surface area contributed by atoms with Crippen LogP contribution in [0.5, 0.6) is 11.5 Å². The van der Waals surface area contributed by atoms with Gasteiger partial charge in [0.05, 0.1) is 29.7 Å². The maximum atomic E-state index is 13.4. The van der Waals surface area contributed by atoms with E-state index in [1.165, 1.54) is 30.5 Å². The number of ether oxygens (including phenoxy) is 2. The van der Waals surface area contributed by atoms with Crippen molar-refractivity contribution in [1.29, 1.82) is 5.26 Å². The van der Waals surface area contributed by atoms with Crippen molar-refractivity contribution >= 4 is 22.8 Å². The van der Waals surface area contributed by atoms with E-state index in [9.17, 15) is 23.2 Å². The molecule has 2 amide bonds. The van der Waals surface area contributed by atoms with E-state index in [0.717, 1.165) is 19.3 Å². The molecular formula is C22H21F3N6O3. The Morgan fingerprint density at radius 1 is 1.26 bits per heavy atom. The quantitative estimate of drug-likeness (QED) is 0.502. The highest BCUT2D eigenvalue weighted by atomic mass is 19.4. The van der Waals surface area contributed by atoms with Crippen molar-refractivity contribution in [3.8, 4) is 17.6 Å². The molecule has 3 N–H and O–H groups in total. The second-order valence-corrected chi connectivity index (χ2v) is 7.49. The van der Waals surface area contributed by atoms with Crippen LogP contribution in [0.4, 0.5) is 23.7 Å². The van der Waals surface area contributed by atoms with E-state index < -0.39 is 17.8 Å². The Hall–Kier alpha value is -3.82. The highest BCUT2D eigenvalue weighted by Gasteiger charge is 2.35. The molecule has 0 aliphatic carbocycles. The monoisotopic (exact) mass is 474 g/mol. The molecular weight excluding hydrogens is 453 g/mol. The van der Waals surface area contributed by atoms with Gasteiger partial charge in [0.1, 0.15) is 23.2 Å². The topological polar surface area (TPSA) is 115 Å². The zero-order valence-corrected chi connectivity index (χ0v) is 17.9. The zero-order valence-electron chi connectivity index (χ0n) is 17.9. The van der Waals surface area contributed by atoms with Crippen molar-refractivity contribution in [3.05, 3.63) is 47.8 Å². The second-order valence-electron chi connectivity index (χ2n) is 7.49. The number of carbonyl (C=O) groups excluding carboxylic acids is 1. The third kappa shape index (κ3) is 5.38. The van der Waals surface area contributed by atoms with Crippen molar-refractivity contribution in [2.24, 2.45) is 0 Å². The van der Waals surface area contributed by atoms with Crippen LogP contribution < -0.4 is 15.4 Å². The van der Waals surface area contributed by atoms with Gasteiger partial charge in [-0.3, -0.25) is 4.90 Å². The number of fused-ring (bicyclic) bond motifs is 1. The first-order valence-electron chi connectivity index (χ1n) is 10.5. The molecule has 178 valence electrons. The molecule has 4 rings (SSSR count). The number of hydrogen-bond donors (Lipinski definition) is 3. The number of morpholine rings is 1. The highest BCUT2D eigenvalue weighted by Crippen LogP contribution is 2.40. The summed E-state index contributed by atoms with van der Waals surface area (Å²) in [5.41, 5.74) is -0.531. The smallest absolute Gasteiger partial charge is 0.418 e. The summed E-state index contributed by atoms with van der Waals surface area (Å²) >= 11 is 0. The number of alkyl halides is 3. The number of urea groups is 1. The number of amides is 2. The molecule has 34 heavy (non-hydrogen) atoms. The summed E-state index contributed by atoms with van der Waals surface area (Å²) in [5, 5.41) is 14.7. The summed E-state index contributed by atoms with van der Waals surface area (Å²) in [4.78, 5) is 20.7. The second kappa shape index (κ2) is 9.98. The molecule has 0 bridgehead atoms. The summed E-state index contributed by atoms with van der Waals surface area (Å²) < 4.78 is 51.1. The van der Waals surface area contributed by atoms with Crippen molar-refractivity contribution in [3.63, 3.8) is 0 Å². The number of halogens is 3. The number of anilines is 1. The van der Waals surface area contributed by atoms with Crippen molar-refractivity contribution in [1.82, 2.24) is 20.2 Å². The van der Waals surface area contributed by atoms with Gasteiger partial charge in [-0.2, -0.15) is 18.4 Å². The van der Waals surface area contributed by atoms with Gasteiger partial charge < -0.3 is 25.1 Å². The summed E-state index contributed by atoms with van der Waals surface area (Å²) in [6, 6.07) is 7.09.